The van der Waals surface area contributed by atoms with E-state index in [1.807, 2.05) is 56.4 Å². The zero-order chi connectivity index (χ0) is 59.6. The van der Waals surface area contributed by atoms with Gasteiger partial charge in [-0.15, -0.1) is 0 Å². The van der Waals surface area contributed by atoms with Crippen molar-refractivity contribution in [2.45, 2.75) is 124 Å². The van der Waals surface area contributed by atoms with Crippen LogP contribution in [-0.4, -0.2) is 16.2 Å². The van der Waals surface area contributed by atoms with Crippen LogP contribution >= 0.6 is 0 Å². The number of fused-ring (bicyclic) bond motifs is 5. The zero-order valence-corrected chi connectivity index (χ0v) is 48.1. The van der Waals surface area contributed by atoms with Crippen molar-refractivity contribution in [2.24, 2.45) is 5.92 Å². The Bertz CT molecular complexity index is 4240. The molecule has 0 fully saturated rings. The van der Waals surface area contributed by atoms with Gasteiger partial charge in [0.15, 0.2) is 0 Å². The van der Waals surface area contributed by atoms with Crippen molar-refractivity contribution >= 4 is 44.6 Å². The molecule has 0 unspecified atom stereocenters. The van der Waals surface area contributed by atoms with Gasteiger partial charge in [-0.25, -0.2) is 4.98 Å². The summed E-state index contributed by atoms with van der Waals surface area (Å²) in [7, 11) is 0. The van der Waals surface area contributed by atoms with E-state index in [-0.39, 0.29) is 39.7 Å². The molecular formula is C74H76N4O. The number of benzene rings is 8. The Balaban J connectivity index is 0.953. The van der Waals surface area contributed by atoms with E-state index in [9.17, 15) is 6.85 Å². The maximum atomic E-state index is 10.2. The van der Waals surface area contributed by atoms with Crippen LogP contribution in [0.25, 0.3) is 61.0 Å². The maximum Gasteiger partial charge on any atom is 0.137 e. The van der Waals surface area contributed by atoms with Gasteiger partial charge < -0.3 is 14.5 Å². The normalized spacial score (nSPS) is 16.1. The molecule has 1 aliphatic heterocycles. The molecule has 0 bridgehead atoms. The summed E-state index contributed by atoms with van der Waals surface area (Å²) >= 11 is 0. The van der Waals surface area contributed by atoms with Gasteiger partial charge in [-0.05, 0) is 140 Å². The number of hydrogen-bond donors (Lipinski definition) is 0. The topological polar surface area (TPSA) is 33.5 Å². The second kappa shape index (κ2) is 19.5. The minimum Gasteiger partial charge on any atom is -0.457 e. The molecular weight excluding hydrogens is 961 g/mol. The van der Waals surface area contributed by atoms with Gasteiger partial charge in [0.05, 0.1) is 32.2 Å². The van der Waals surface area contributed by atoms with Gasteiger partial charge in [0.25, 0.3) is 0 Å². The van der Waals surface area contributed by atoms with E-state index in [1.165, 1.54) is 11.1 Å². The summed E-state index contributed by atoms with van der Waals surface area (Å²) in [6.45, 7) is 26.3. The van der Waals surface area contributed by atoms with Crippen LogP contribution < -0.4 is 14.5 Å². The van der Waals surface area contributed by atoms with E-state index in [2.05, 4.69) is 211 Å². The molecule has 2 aromatic heterocycles. The molecule has 0 radical (unpaired) electrons. The summed E-state index contributed by atoms with van der Waals surface area (Å²) in [5.41, 5.74) is 14.5. The fourth-order valence-electron chi connectivity index (χ4n) is 12.0. The predicted molar refractivity (Wildman–Crippen MR) is 335 cm³/mol. The summed E-state index contributed by atoms with van der Waals surface area (Å²) in [6.07, 6.45) is 1.95. The number of anilines is 4. The average Bonchev–Trinajstić information content (AvgIpc) is 3.21. The summed E-state index contributed by atoms with van der Waals surface area (Å²) in [4.78, 5) is 9.77. The van der Waals surface area contributed by atoms with E-state index in [0.29, 0.717) is 41.2 Å². The molecule has 79 heavy (non-hydrogen) atoms. The summed E-state index contributed by atoms with van der Waals surface area (Å²) in [6, 6.07) is 57.2. The third-order valence-corrected chi connectivity index (χ3v) is 16.5. The van der Waals surface area contributed by atoms with Crippen molar-refractivity contribution < 1.29 is 11.6 Å². The highest BCUT2D eigenvalue weighted by Crippen LogP contribution is 2.53. The summed E-state index contributed by atoms with van der Waals surface area (Å²) in [5, 5.41) is 2.08. The molecule has 5 nitrogen and oxygen atoms in total. The Kier molecular flexibility index (Phi) is 11.4. The van der Waals surface area contributed by atoms with Crippen LogP contribution in [0.2, 0.25) is 0 Å². The first-order chi connectivity index (χ1) is 39.7. The average molecular weight is 1040 g/mol. The fraction of sp³-hybridized carbons (Fsp3) is 0.284. The first-order valence-corrected chi connectivity index (χ1v) is 28.2. The molecule has 10 aromatic rings. The Morgan fingerprint density at radius 3 is 1.95 bits per heavy atom. The maximum absolute atomic E-state index is 10.2. The lowest BCUT2D eigenvalue weighted by Gasteiger charge is -2.42. The van der Waals surface area contributed by atoms with Gasteiger partial charge >= 0.3 is 0 Å². The van der Waals surface area contributed by atoms with Crippen LogP contribution in [0.1, 0.15) is 131 Å². The zero-order valence-electron chi connectivity index (χ0n) is 53.1. The molecule has 398 valence electrons. The number of para-hydroxylation sites is 4. The Hall–Kier alpha value is -7.89. The van der Waals surface area contributed by atoms with Crippen LogP contribution in [0.15, 0.2) is 188 Å². The molecule has 12 rings (SSSR count). The predicted octanol–water partition coefficient (Wildman–Crippen LogP) is 20.4. The molecule has 0 saturated heterocycles. The van der Waals surface area contributed by atoms with Crippen LogP contribution in [0, 0.1) is 5.92 Å². The van der Waals surface area contributed by atoms with Crippen molar-refractivity contribution in [1.29, 1.82) is 0 Å². The second-order valence-electron chi connectivity index (χ2n) is 25.6. The van der Waals surface area contributed by atoms with Crippen molar-refractivity contribution in [3.8, 4) is 50.7 Å². The minimum absolute atomic E-state index is 0.0181. The number of aromatic nitrogens is 2. The van der Waals surface area contributed by atoms with Crippen molar-refractivity contribution in [1.82, 2.24) is 9.55 Å². The van der Waals surface area contributed by atoms with E-state index in [0.717, 1.165) is 96.3 Å². The van der Waals surface area contributed by atoms with E-state index in [1.54, 1.807) is 0 Å². The number of hydrogen-bond acceptors (Lipinski definition) is 4. The molecule has 2 aliphatic rings. The van der Waals surface area contributed by atoms with E-state index < -0.39 is 6.37 Å². The molecule has 0 saturated carbocycles. The SMILES string of the molecule is [2H]c1c([2H])c2c(c([2H])c1-c1cccc(-c3cccc(C(C)(C)C)c3)c1N1CN(c3cccc(Oc4ccc5c6ccccc6n(-c6cc(C([2H])([2H])C(C)C)c(-c7ccc(C(C)(C)C)cc7)cn6)c5c4)c3)c3ccccc31)C(C)(C)CCC2(C)C. The third kappa shape index (κ3) is 9.60. The Morgan fingerprint density at radius 1 is 0.570 bits per heavy atom. The van der Waals surface area contributed by atoms with Crippen LogP contribution in [0.5, 0.6) is 11.5 Å². The molecule has 0 atom stereocenters. The molecule has 1 aliphatic carbocycles. The van der Waals surface area contributed by atoms with Gasteiger partial charge in [-0.3, -0.25) is 4.57 Å². The quantitative estimate of drug-likeness (QED) is 0.137. The lowest BCUT2D eigenvalue weighted by Crippen LogP contribution is -2.33. The second-order valence-corrected chi connectivity index (χ2v) is 25.6. The highest BCUT2D eigenvalue weighted by molar-refractivity contribution is 6.09. The number of nitrogens with zero attached hydrogens (tertiary/aromatic N) is 4. The monoisotopic (exact) mass is 1040 g/mol. The van der Waals surface area contributed by atoms with Crippen molar-refractivity contribution in [2.75, 3.05) is 16.5 Å². The summed E-state index contributed by atoms with van der Waals surface area (Å²) < 4.78 is 57.9. The first-order valence-electron chi connectivity index (χ1n) is 30.7. The van der Waals surface area contributed by atoms with Gasteiger partial charge in [0.2, 0.25) is 0 Å². The lowest BCUT2D eigenvalue weighted by molar-refractivity contribution is 0.332. The van der Waals surface area contributed by atoms with Crippen LogP contribution in [0.3, 0.4) is 0 Å². The van der Waals surface area contributed by atoms with Crippen LogP contribution in [0.4, 0.5) is 22.7 Å². The molecule has 0 spiro atoms. The van der Waals surface area contributed by atoms with E-state index in [4.69, 9.17) is 9.72 Å². The van der Waals surface area contributed by atoms with Crippen molar-refractivity contribution in [3.63, 3.8) is 0 Å². The molecule has 8 aromatic carbocycles. The van der Waals surface area contributed by atoms with Crippen LogP contribution in [-0.2, 0) is 28.0 Å². The largest absolute Gasteiger partial charge is 0.457 e. The smallest absolute Gasteiger partial charge is 0.137 e. The Morgan fingerprint density at radius 2 is 1.22 bits per heavy atom. The highest BCUT2D eigenvalue weighted by atomic mass is 16.5. The fourth-order valence-corrected chi connectivity index (χ4v) is 12.0. The van der Waals surface area contributed by atoms with E-state index >= 15 is 0 Å². The number of rotatable bonds is 10. The molecule has 0 amide bonds. The van der Waals surface area contributed by atoms with Crippen molar-refractivity contribution in [3.05, 3.63) is 216 Å². The summed E-state index contributed by atoms with van der Waals surface area (Å²) in [5.74, 6) is 1.61. The first kappa shape index (κ1) is 46.1. The highest BCUT2D eigenvalue weighted by Gasteiger charge is 2.38. The Labute approximate surface area is 476 Å². The molecule has 5 heteroatoms. The lowest BCUT2D eigenvalue weighted by atomic mass is 9.63. The van der Waals surface area contributed by atoms with Gasteiger partial charge in [-0.1, -0.05) is 204 Å². The molecule has 3 heterocycles. The molecule has 0 N–H and O–H groups in total. The number of ether oxygens (including phenoxy) is 1. The minimum atomic E-state index is -1.66. The van der Waals surface area contributed by atoms with Gasteiger partial charge in [0, 0.05) is 54.2 Å². The third-order valence-electron chi connectivity index (χ3n) is 16.5. The van der Waals surface area contributed by atoms with Gasteiger partial charge in [-0.2, -0.15) is 0 Å². The standard InChI is InChI=1S/C74H76N4O/c1-48(2)40-52-43-69(75-46-62(52)49-30-33-53(34-31-49)71(3,4)5)78-65-27-14-13-24-60(65)61-36-35-57(45-68(61)78)79-56-23-18-22-55(44-56)76-47-77(67-29-16-15-28-66(67)76)70-58(50-20-17-21-54(41-50)72(6,7)8)25-19-26-59(70)51-32-37-63-64(42-51)74(11,12)39-38-73(63,9)10/h13-37,41-46,48H,38-40,47H2,1-12H3/i32D,37D,40D2,42D. The van der Waals surface area contributed by atoms with Gasteiger partial charge in [0.1, 0.15) is 24.0 Å². The number of pyridine rings is 1.